The van der Waals surface area contributed by atoms with Crippen molar-refractivity contribution in [2.75, 3.05) is 20.3 Å². The summed E-state index contributed by atoms with van der Waals surface area (Å²) in [6.07, 6.45) is -16.2. The molecule has 0 aromatic carbocycles. The molecule has 12 unspecified atom stereocenters. The highest BCUT2D eigenvalue weighted by Gasteiger charge is 2.51. The minimum absolute atomic E-state index is 0.131. The third-order valence-corrected chi connectivity index (χ3v) is 11.8. The van der Waals surface area contributed by atoms with Crippen molar-refractivity contribution in [1.82, 2.24) is 0 Å². The Balaban J connectivity index is 1.47. The molecule has 19 atom stereocenters. The second-order valence-corrected chi connectivity index (χ2v) is 16.1. The van der Waals surface area contributed by atoms with Crippen LogP contribution in [0.5, 0.6) is 0 Å². The molecule has 3 fully saturated rings. The Labute approximate surface area is 290 Å². The third kappa shape index (κ3) is 10.3. The summed E-state index contributed by atoms with van der Waals surface area (Å²) in [5.41, 5.74) is 0.175. The summed E-state index contributed by atoms with van der Waals surface area (Å²) in [4.78, 5) is 12.6. The van der Waals surface area contributed by atoms with E-state index in [0.717, 1.165) is 6.42 Å². The van der Waals surface area contributed by atoms with Crippen LogP contribution in [0.15, 0.2) is 0 Å². The first-order chi connectivity index (χ1) is 22.7. The standard InChI is InChI=1S/C35H64O14/c1-15(21-12-22(21)16(2)17(3)32(45-9)18(4)19(5)35(6,7)8)10-20(37)11-25(38)46-14-24-27(40)29(42)31(44)34(48-24)49-33-30(43)28(41)26(39)23(13-36)47-33/h15-24,26-34,36-37,39-44H,10-14H2,1-9H3/t15-,16+,17-,18+,19+,20-,21?,22?,23?,24?,26?,27?,28?,29?,30?,31?,32+,33?,34?/m1/s1. The average molecular weight is 709 g/mol. The van der Waals surface area contributed by atoms with E-state index in [2.05, 4.69) is 55.4 Å². The number of rotatable bonds is 16. The van der Waals surface area contributed by atoms with Gasteiger partial charge in [0.05, 0.1) is 25.2 Å². The van der Waals surface area contributed by atoms with Crippen LogP contribution in [0.2, 0.25) is 0 Å². The van der Waals surface area contributed by atoms with Crippen LogP contribution in [-0.4, -0.2) is 141 Å². The van der Waals surface area contributed by atoms with Crippen LogP contribution >= 0.6 is 0 Å². The van der Waals surface area contributed by atoms with E-state index in [1.54, 1.807) is 7.11 Å². The normalized spacial score (nSPS) is 39.7. The van der Waals surface area contributed by atoms with Crippen molar-refractivity contribution in [1.29, 1.82) is 0 Å². The van der Waals surface area contributed by atoms with E-state index in [1.807, 2.05) is 0 Å². The lowest BCUT2D eigenvalue weighted by Gasteiger charge is -2.44. The molecular weight excluding hydrogens is 644 g/mol. The number of aliphatic hydroxyl groups excluding tert-OH is 8. The van der Waals surface area contributed by atoms with Gasteiger partial charge in [0, 0.05) is 7.11 Å². The summed E-state index contributed by atoms with van der Waals surface area (Å²) in [6.45, 7) is 16.7. The molecule has 3 rings (SSSR count). The first-order valence-corrected chi connectivity index (χ1v) is 17.8. The van der Waals surface area contributed by atoms with E-state index in [1.165, 1.54) is 0 Å². The Morgan fingerprint density at radius 3 is 1.84 bits per heavy atom. The van der Waals surface area contributed by atoms with Crippen molar-refractivity contribution >= 4 is 5.97 Å². The van der Waals surface area contributed by atoms with Gasteiger partial charge in [-0.3, -0.25) is 4.79 Å². The van der Waals surface area contributed by atoms with Crippen LogP contribution < -0.4 is 0 Å². The van der Waals surface area contributed by atoms with E-state index >= 15 is 0 Å². The Hall–Kier alpha value is -1.01. The van der Waals surface area contributed by atoms with Gasteiger partial charge < -0.3 is 64.5 Å². The maximum Gasteiger partial charge on any atom is 0.308 e. The SMILES string of the molecule is CO[C@H]([C@@H](C)[C@H](C)C(C)(C)C)[C@H](C)[C@H](C)C1CC1[C@H](C)C[C@@H](O)CC(=O)OCC1OC(OC2OC(CO)C(O)C(O)C2O)C(O)C(O)C1O. The lowest BCUT2D eigenvalue weighted by Crippen LogP contribution is -2.63. The highest BCUT2D eigenvalue weighted by atomic mass is 16.8. The van der Waals surface area contributed by atoms with Crippen molar-refractivity contribution in [3.63, 3.8) is 0 Å². The van der Waals surface area contributed by atoms with Crippen molar-refractivity contribution in [2.45, 2.75) is 148 Å². The molecule has 288 valence electrons. The van der Waals surface area contributed by atoms with Gasteiger partial charge >= 0.3 is 5.97 Å². The summed E-state index contributed by atoms with van der Waals surface area (Å²) in [5, 5.41) is 81.6. The molecule has 0 amide bonds. The van der Waals surface area contributed by atoms with Gasteiger partial charge in [0.25, 0.3) is 0 Å². The molecule has 0 bridgehead atoms. The fraction of sp³-hybridized carbons (Fsp3) is 0.971. The fourth-order valence-electron chi connectivity index (χ4n) is 7.76. The van der Waals surface area contributed by atoms with Crippen molar-refractivity contribution in [3.05, 3.63) is 0 Å². The van der Waals surface area contributed by atoms with Crippen LogP contribution in [0.1, 0.15) is 74.7 Å². The number of esters is 1. The van der Waals surface area contributed by atoms with Crippen LogP contribution in [0.25, 0.3) is 0 Å². The fourth-order valence-corrected chi connectivity index (χ4v) is 7.76. The Morgan fingerprint density at radius 2 is 1.33 bits per heavy atom. The second-order valence-electron chi connectivity index (χ2n) is 16.1. The molecule has 1 saturated carbocycles. The predicted molar refractivity (Wildman–Crippen MR) is 175 cm³/mol. The first kappa shape index (κ1) is 42.4. The molecule has 0 aromatic rings. The number of hydrogen-bond donors (Lipinski definition) is 8. The second kappa shape index (κ2) is 17.7. The lowest BCUT2D eigenvalue weighted by atomic mass is 9.69. The maximum atomic E-state index is 12.6. The molecule has 2 aliphatic heterocycles. The van der Waals surface area contributed by atoms with Gasteiger partial charge in [-0.25, -0.2) is 0 Å². The molecule has 2 heterocycles. The van der Waals surface area contributed by atoms with Gasteiger partial charge in [-0.1, -0.05) is 55.4 Å². The zero-order valence-electron chi connectivity index (χ0n) is 30.5. The number of carbonyl (C=O) groups excluding carboxylic acids is 1. The van der Waals surface area contributed by atoms with Crippen molar-refractivity contribution in [3.8, 4) is 0 Å². The first-order valence-electron chi connectivity index (χ1n) is 17.8. The molecule has 3 aliphatic rings. The number of hydrogen-bond acceptors (Lipinski definition) is 14. The van der Waals surface area contributed by atoms with E-state index in [9.17, 15) is 45.6 Å². The van der Waals surface area contributed by atoms with Gasteiger partial charge in [0.15, 0.2) is 12.6 Å². The molecular formula is C35H64O14. The molecule has 49 heavy (non-hydrogen) atoms. The molecule has 2 saturated heterocycles. The topological polar surface area (TPSA) is 225 Å². The highest BCUT2D eigenvalue weighted by molar-refractivity contribution is 5.69. The van der Waals surface area contributed by atoms with Crippen LogP contribution in [0, 0.1) is 46.8 Å². The van der Waals surface area contributed by atoms with E-state index < -0.39 is 86.7 Å². The van der Waals surface area contributed by atoms with Gasteiger partial charge in [-0.05, 0) is 59.7 Å². The van der Waals surface area contributed by atoms with Gasteiger partial charge in [-0.15, -0.1) is 0 Å². The van der Waals surface area contributed by atoms with E-state index in [0.29, 0.717) is 41.9 Å². The summed E-state index contributed by atoms with van der Waals surface area (Å²) in [7, 11) is 1.80. The largest absolute Gasteiger partial charge is 0.463 e. The smallest absolute Gasteiger partial charge is 0.308 e. The number of aliphatic hydroxyl groups is 8. The Morgan fingerprint density at radius 1 is 0.796 bits per heavy atom. The molecule has 0 radical (unpaired) electrons. The molecule has 0 aromatic heterocycles. The lowest BCUT2D eigenvalue weighted by molar-refractivity contribution is -0.376. The average Bonchev–Trinajstić information content (AvgIpc) is 3.84. The highest BCUT2D eigenvalue weighted by Crippen LogP contribution is 2.53. The zero-order valence-corrected chi connectivity index (χ0v) is 30.5. The molecule has 14 nitrogen and oxygen atoms in total. The maximum absolute atomic E-state index is 12.6. The third-order valence-electron chi connectivity index (χ3n) is 11.8. The number of ether oxygens (including phenoxy) is 5. The van der Waals surface area contributed by atoms with Crippen LogP contribution in [0.4, 0.5) is 0 Å². The van der Waals surface area contributed by atoms with Crippen LogP contribution in [0.3, 0.4) is 0 Å². The summed E-state index contributed by atoms with van der Waals surface area (Å²) in [6, 6.07) is 0. The molecule has 8 N–H and O–H groups in total. The monoisotopic (exact) mass is 708 g/mol. The van der Waals surface area contributed by atoms with Crippen molar-refractivity contribution < 1.29 is 69.3 Å². The van der Waals surface area contributed by atoms with Gasteiger partial charge in [0.1, 0.15) is 55.4 Å². The molecule has 14 heteroatoms. The van der Waals surface area contributed by atoms with Gasteiger partial charge in [-0.2, -0.15) is 0 Å². The Bertz CT molecular complexity index is 1020. The van der Waals surface area contributed by atoms with E-state index in [4.69, 9.17) is 23.7 Å². The molecule has 0 spiro atoms. The number of methoxy groups -OCH3 is 1. The van der Waals surface area contributed by atoms with Crippen molar-refractivity contribution in [2.24, 2.45) is 46.8 Å². The summed E-state index contributed by atoms with van der Waals surface area (Å²) < 4.78 is 27.5. The quantitative estimate of drug-likeness (QED) is 0.100. The van der Waals surface area contributed by atoms with Gasteiger partial charge in [0.2, 0.25) is 0 Å². The van der Waals surface area contributed by atoms with E-state index in [-0.39, 0.29) is 23.9 Å². The predicted octanol–water partition coefficient (Wildman–Crippen LogP) is 0.173. The minimum Gasteiger partial charge on any atom is -0.463 e. The zero-order chi connectivity index (χ0) is 37.1. The van der Waals surface area contributed by atoms with Crippen LogP contribution in [-0.2, 0) is 28.5 Å². The Kier molecular flexibility index (Phi) is 15.3. The number of carbonyl (C=O) groups is 1. The minimum atomic E-state index is -1.83. The summed E-state index contributed by atoms with van der Waals surface area (Å²) in [5.74, 6) is 2.01. The summed E-state index contributed by atoms with van der Waals surface area (Å²) >= 11 is 0. The molecule has 1 aliphatic carbocycles.